The van der Waals surface area contributed by atoms with Crippen molar-refractivity contribution in [2.24, 2.45) is 0 Å². The molecule has 2 atom stereocenters. The van der Waals surface area contributed by atoms with E-state index in [1.807, 2.05) is 0 Å². The molecule has 0 unspecified atom stereocenters. The Kier molecular flexibility index (Phi) is 3.23. The topological polar surface area (TPSA) is 0 Å². The van der Waals surface area contributed by atoms with Gasteiger partial charge in [-0.3, -0.25) is 0 Å². The summed E-state index contributed by atoms with van der Waals surface area (Å²) in [7, 11) is 0. The van der Waals surface area contributed by atoms with Crippen LogP contribution in [0.4, 0.5) is 0 Å². The molecule has 1 heterocycles. The minimum atomic E-state index is 0.959. The van der Waals surface area contributed by atoms with Gasteiger partial charge in [-0.15, -0.1) is 0 Å². The lowest BCUT2D eigenvalue weighted by Gasteiger charge is -2.12. The molecule has 1 aliphatic heterocycles. The molecule has 0 aliphatic carbocycles. The molecule has 1 aliphatic rings. The maximum atomic E-state index is 2.40. The summed E-state index contributed by atoms with van der Waals surface area (Å²) in [6, 6.07) is 0. The van der Waals surface area contributed by atoms with Gasteiger partial charge in [0.05, 0.1) is 0 Å². The molecule has 0 bridgehead atoms. The number of hydrogen-bond acceptors (Lipinski definition) is 0. The van der Waals surface area contributed by atoms with Crippen LogP contribution in [0.25, 0.3) is 0 Å². The fourth-order valence-electron chi connectivity index (χ4n) is 2.27. The second kappa shape index (κ2) is 3.99. The summed E-state index contributed by atoms with van der Waals surface area (Å²) in [5.74, 6) is 1.92. The largest absolute Gasteiger partial charge is 0.149 e. The van der Waals surface area contributed by atoms with Crippen LogP contribution in [0.3, 0.4) is 0 Å². The van der Waals surface area contributed by atoms with Crippen LogP contribution in [-0.2, 0) is 0 Å². The minimum Gasteiger partial charge on any atom is -0.0960 e. The van der Waals surface area contributed by atoms with Gasteiger partial charge < -0.3 is 0 Å². The number of allylic oxidation sites excluding steroid dienone is 2. The van der Waals surface area contributed by atoms with Crippen molar-refractivity contribution in [3.05, 3.63) is 12.2 Å². The van der Waals surface area contributed by atoms with Crippen LogP contribution in [0.5, 0.6) is 0 Å². The molecule has 1 heteroatoms. The molecule has 0 saturated carbocycles. The summed E-state index contributed by atoms with van der Waals surface area (Å²) >= 11 is 0. The molecule has 0 radical (unpaired) electrons. The average molecular weight is 150 g/mol. The first-order valence-corrected chi connectivity index (χ1v) is 4.87. The molecule has 0 aromatic carbocycles. The Balaban J connectivity index is 2.41. The van der Waals surface area contributed by atoms with E-state index in [1.54, 1.807) is 0 Å². The monoisotopic (exact) mass is 150 g/mol. The highest BCUT2D eigenvalue weighted by molar-refractivity contribution is 6.63. The molecule has 0 spiro atoms. The number of rotatable bonds is 2. The molecular formula is C10H19B. The Morgan fingerprint density at radius 1 is 1.27 bits per heavy atom. The van der Waals surface area contributed by atoms with E-state index >= 15 is 0 Å². The van der Waals surface area contributed by atoms with Crippen molar-refractivity contribution >= 4 is 6.71 Å². The lowest BCUT2D eigenvalue weighted by molar-refractivity contribution is 0.765. The van der Waals surface area contributed by atoms with E-state index in [2.05, 4.69) is 32.9 Å². The predicted octanol–water partition coefficient (Wildman–Crippen LogP) is 3.63. The third kappa shape index (κ3) is 2.11. The van der Waals surface area contributed by atoms with Gasteiger partial charge in [0.2, 0.25) is 0 Å². The quantitative estimate of drug-likeness (QED) is 0.416. The summed E-state index contributed by atoms with van der Waals surface area (Å²) in [4.78, 5) is 0. The van der Waals surface area contributed by atoms with Crippen LogP contribution in [0.15, 0.2) is 12.2 Å². The van der Waals surface area contributed by atoms with Gasteiger partial charge in [0, 0.05) is 0 Å². The highest BCUT2D eigenvalue weighted by atomic mass is 14.1. The van der Waals surface area contributed by atoms with Crippen LogP contribution >= 0.6 is 0 Å². The van der Waals surface area contributed by atoms with Crippen LogP contribution in [-0.4, -0.2) is 6.71 Å². The van der Waals surface area contributed by atoms with E-state index in [1.165, 1.54) is 19.2 Å². The Labute approximate surface area is 71.2 Å². The fourth-order valence-corrected chi connectivity index (χ4v) is 2.27. The van der Waals surface area contributed by atoms with Crippen LogP contribution in [0, 0.1) is 0 Å². The smallest absolute Gasteiger partial charge is 0.0960 e. The third-order valence-corrected chi connectivity index (χ3v) is 3.18. The summed E-state index contributed by atoms with van der Waals surface area (Å²) in [5, 5.41) is 0. The van der Waals surface area contributed by atoms with E-state index < -0.39 is 0 Å². The maximum absolute atomic E-state index is 2.40. The molecule has 0 N–H and O–H groups in total. The van der Waals surface area contributed by atoms with Crippen molar-refractivity contribution < 1.29 is 0 Å². The standard InChI is InChI=1S/C10H19B/c1-4-5-8-11-9(2)6-7-10(11)3/h4-5,9-10H,6-8H2,1-3H3/b5-4-/t9-,10-/m1/s1. The molecule has 11 heavy (non-hydrogen) atoms. The summed E-state index contributed by atoms with van der Waals surface area (Å²) in [5.41, 5.74) is 0. The van der Waals surface area contributed by atoms with Gasteiger partial charge in [0.1, 0.15) is 6.71 Å². The molecular weight excluding hydrogens is 131 g/mol. The van der Waals surface area contributed by atoms with E-state index in [0.29, 0.717) is 0 Å². The van der Waals surface area contributed by atoms with Crippen molar-refractivity contribution in [2.75, 3.05) is 0 Å². The van der Waals surface area contributed by atoms with E-state index in [9.17, 15) is 0 Å². The van der Waals surface area contributed by atoms with Crippen LogP contribution in [0.2, 0.25) is 18.0 Å². The SMILES string of the molecule is C/C=C\CB1[C@H](C)CC[C@H]1C. The highest BCUT2D eigenvalue weighted by Gasteiger charge is 2.31. The Morgan fingerprint density at radius 3 is 2.27 bits per heavy atom. The van der Waals surface area contributed by atoms with E-state index in [-0.39, 0.29) is 0 Å². The van der Waals surface area contributed by atoms with Crippen molar-refractivity contribution in [1.29, 1.82) is 0 Å². The van der Waals surface area contributed by atoms with E-state index in [0.717, 1.165) is 18.3 Å². The second-order valence-electron chi connectivity index (χ2n) is 4.00. The van der Waals surface area contributed by atoms with Crippen LogP contribution in [0.1, 0.15) is 33.6 Å². The van der Waals surface area contributed by atoms with Gasteiger partial charge in [-0.05, 0) is 6.92 Å². The zero-order valence-electron chi connectivity index (χ0n) is 8.01. The molecule has 1 saturated heterocycles. The average Bonchev–Trinajstić information content (AvgIpc) is 2.29. The summed E-state index contributed by atoms with van der Waals surface area (Å²) in [6.45, 7) is 7.88. The first-order chi connectivity index (χ1) is 5.25. The lowest BCUT2D eigenvalue weighted by Crippen LogP contribution is -2.15. The van der Waals surface area contributed by atoms with Gasteiger partial charge >= 0.3 is 0 Å². The molecule has 1 rings (SSSR count). The maximum Gasteiger partial charge on any atom is 0.149 e. The first-order valence-electron chi connectivity index (χ1n) is 4.87. The predicted molar refractivity (Wildman–Crippen MR) is 53.5 cm³/mol. The second-order valence-corrected chi connectivity index (χ2v) is 4.00. The highest BCUT2D eigenvalue weighted by Crippen LogP contribution is 2.39. The Bertz CT molecular complexity index is 130. The molecule has 0 aromatic rings. The summed E-state index contributed by atoms with van der Waals surface area (Å²) < 4.78 is 0. The zero-order chi connectivity index (χ0) is 8.27. The van der Waals surface area contributed by atoms with Crippen molar-refractivity contribution in [3.63, 3.8) is 0 Å². The molecule has 0 aromatic heterocycles. The van der Waals surface area contributed by atoms with Gasteiger partial charge in [-0.25, -0.2) is 0 Å². The minimum absolute atomic E-state index is 0.959. The fraction of sp³-hybridized carbons (Fsp3) is 0.800. The first kappa shape index (κ1) is 8.90. The van der Waals surface area contributed by atoms with Crippen molar-refractivity contribution in [1.82, 2.24) is 0 Å². The molecule has 1 fully saturated rings. The third-order valence-electron chi connectivity index (χ3n) is 3.18. The van der Waals surface area contributed by atoms with Crippen molar-refractivity contribution in [2.45, 2.75) is 51.6 Å². The molecule has 0 nitrogen and oxygen atoms in total. The van der Waals surface area contributed by atoms with E-state index in [4.69, 9.17) is 0 Å². The zero-order valence-corrected chi connectivity index (χ0v) is 8.01. The Hall–Kier alpha value is -0.195. The number of hydrogen-bond donors (Lipinski definition) is 0. The lowest BCUT2D eigenvalue weighted by atomic mass is 9.36. The van der Waals surface area contributed by atoms with Crippen LogP contribution < -0.4 is 0 Å². The molecule has 62 valence electrons. The van der Waals surface area contributed by atoms with Gasteiger partial charge in [0.15, 0.2) is 0 Å². The Morgan fingerprint density at radius 2 is 1.82 bits per heavy atom. The van der Waals surface area contributed by atoms with Gasteiger partial charge in [-0.1, -0.05) is 56.8 Å². The normalized spacial score (nSPS) is 32.1. The van der Waals surface area contributed by atoms with Gasteiger partial charge in [-0.2, -0.15) is 0 Å². The van der Waals surface area contributed by atoms with Crippen molar-refractivity contribution in [3.8, 4) is 0 Å². The van der Waals surface area contributed by atoms with Gasteiger partial charge in [0.25, 0.3) is 0 Å². The summed E-state index contributed by atoms with van der Waals surface area (Å²) in [6.07, 6.45) is 8.70. The molecule has 0 amide bonds.